The highest BCUT2D eigenvalue weighted by Gasteiger charge is 2.28. The molecule has 5 heteroatoms. The van der Waals surface area contributed by atoms with E-state index >= 15 is 0 Å². The molecule has 0 saturated carbocycles. The monoisotopic (exact) mass is 300 g/mol. The smallest absolute Gasteiger partial charge is 0.222 e. The number of benzene rings is 1. The van der Waals surface area contributed by atoms with Crippen LogP contribution in [0.2, 0.25) is 0 Å². The minimum Gasteiger partial charge on any atom is -0.342 e. The maximum absolute atomic E-state index is 11.9. The molecule has 2 rings (SSSR count). The van der Waals surface area contributed by atoms with Crippen LogP contribution in [0.5, 0.6) is 0 Å². The van der Waals surface area contributed by atoms with Crippen LogP contribution in [-0.4, -0.2) is 30.4 Å². The molecule has 0 radical (unpaired) electrons. The molecule has 0 bridgehead atoms. The predicted molar refractivity (Wildman–Crippen MR) is 87.5 cm³/mol. The molecule has 22 heavy (non-hydrogen) atoms. The number of carbonyl (C=O) groups excluding carboxylic acids is 1. The third kappa shape index (κ3) is 4.25. The Morgan fingerprint density at radius 3 is 2.59 bits per heavy atom. The van der Waals surface area contributed by atoms with Gasteiger partial charge in [0, 0.05) is 31.0 Å². The van der Waals surface area contributed by atoms with Gasteiger partial charge >= 0.3 is 0 Å². The lowest BCUT2D eigenvalue weighted by atomic mass is 9.86. The third-order valence-electron chi connectivity index (χ3n) is 4.19. The first kappa shape index (κ1) is 16.4. The molecule has 0 spiro atoms. The molecule has 1 heterocycles. The molecule has 0 N–H and O–H groups in total. The average Bonchev–Trinajstić information content (AvgIpc) is 2.83. The Labute approximate surface area is 131 Å². The van der Waals surface area contributed by atoms with Gasteiger partial charge in [-0.3, -0.25) is 4.79 Å². The lowest BCUT2D eigenvalue weighted by molar-refractivity contribution is -0.127. The molecule has 118 valence electrons. The van der Waals surface area contributed by atoms with E-state index in [0.29, 0.717) is 19.5 Å². The van der Waals surface area contributed by atoms with E-state index in [1.54, 1.807) is 0 Å². The van der Waals surface area contributed by atoms with Gasteiger partial charge in [0.15, 0.2) is 0 Å². The quantitative estimate of drug-likeness (QED) is 0.464. The summed E-state index contributed by atoms with van der Waals surface area (Å²) in [6, 6.07) is 8.65. The van der Waals surface area contributed by atoms with Crippen LogP contribution in [0.1, 0.15) is 38.3 Å². The van der Waals surface area contributed by atoms with Gasteiger partial charge in [0.05, 0.1) is 0 Å². The van der Waals surface area contributed by atoms with Gasteiger partial charge < -0.3 is 4.90 Å². The van der Waals surface area contributed by atoms with Gasteiger partial charge in [0.1, 0.15) is 0 Å². The van der Waals surface area contributed by atoms with Crippen LogP contribution in [0.15, 0.2) is 29.4 Å². The lowest BCUT2D eigenvalue weighted by Crippen LogP contribution is -2.27. The van der Waals surface area contributed by atoms with Crippen molar-refractivity contribution in [2.45, 2.75) is 39.0 Å². The molecule has 1 aliphatic rings. The Hall–Kier alpha value is -2.00. The summed E-state index contributed by atoms with van der Waals surface area (Å²) >= 11 is 0. The van der Waals surface area contributed by atoms with Gasteiger partial charge in [-0.15, -0.1) is 0 Å². The summed E-state index contributed by atoms with van der Waals surface area (Å²) in [6.07, 6.45) is 1.37. The number of nitrogens with zero attached hydrogens (tertiary/aromatic N) is 4. The van der Waals surface area contributed by atoms with Gasteiger partial charge in [-0.25, -0.2) is 0 Å². The molecule has 1 saturated heterocycles. The predicted octanol–water partition coefficient (Wildman–Crippen LogP) is 3.69. The molecule has 1 atom stereocenters. The second-order valence-electron chi connectivity index (χ2n) is 7.02. The number of hydrogen-bond donors (Lipinski definition) is 0. The van der Waals surface area contributed by atoms with Crippen molar-refractivity contribution in [3.05, 3.63) is 45.8 Å². The fraction of sp³-hybridized carbons (Fsp3) is 0.588. The van der Waals surface area contributed by atoms with Crippen molar-refractivity contribution >= 4 is 5.91 Å². The molecule has 1 aliphatic heterocycles. The van der Waals surface area contributed by atoms with Gasteiger partial charge in [-0.1, -0.05) is 50.2 Å². The van der Waals surface area contributed by atoms with Crippen molar-refractivity contribution in [1.29, 1.82) is 0 Å². The van der Waals surface area contributed by atoms with Crippen LogP contribution in [0.4, 0.5) is 0 Å². The fourth-order valence-electron chi connectivity index (χ4n) is 2.78. The zero-order valence-corrected chi connectivity index (χ0v) is 13.6. The number of carbonyl (C=O) groups is 1. The first-order chi connectivity index (χ1) is 10.4. The van der Waals surface area contributed by atoms with E-state index in [0.717, 1.165) is 13.0 Å². The van der Waals surface area contributed by atoms with E-state index in [9.17, 15) is 4.79 Å². The third-order valence-corrected chi connectivity index (χ3v) is 4.19. The van der Waals surface area contributed by atoms with Crippen LogP contribution in [0.3, 0.4) is 0 Å². The molecule has 1 unspecified atom stereocenters. The van der Waals surface area contributed by atoms with Crippen LogP contribution in [0.25, 0.3) is 10.4 Å². The number of likely N-dealkylation sites (tertiary alicyclic amines) is 1. The van der Waals surface area contributed by atoms with Gasteiger partial charge in [-0.05, 0) is 34.4 Å². The normalized spacial score (nSPS) is 18.4. The molecular formula is C17H24N4O. The minimum atomic E-state index is 0.165. The molecule has 1 aromatic carbocycles. The Morgan fingerprint density at radius 1 is 1.32 bits per heavy atom. The maximum Gasteiger partial charge on any atom is 0.222 e. The van der Waals surface area contributed by atoms with Crippen molar-refractivity contribution in [3.63, 3.8) is 0 Å². The highest BCUT2D eigenvalue weighted by atomic mass is 16.2. The highest BCUT2D eigenvalue weighted by Crippen LogP contribution is 2.23. The fourth-order valence-corrected chi connectivity index (χ4v) is 2.78. The summed E-state index contributed by atoms with van der Waals surface area (Å²) in [7, 11) is 0. The van der Waals surface area contributed by atoms with Crippen LogP contribution in [-0.2, 0) is 16.6 Å². The first-order valence-electron chi connectivity index (χ1n) is 7.78. The largest absolute Gasteiger partial charge is 0.342 e. The molecule has 1 fully saturated rings. The SMILES string of the molecule is CC(C)(C)c1ccc(CCN2CC(CN=[N+]=[N-])CC2=O)cc1. The Balaban J connectivity index is 1.88. The van der Waals surface area contributed by atoms with E-state index in [1.807, 2.05) is 4.90 Å². The van der Waals surface area contributed by atoms with Crippen LogP contribution in [0, 0.1) is 5.92 Å². The second-order valence-corrected chi connectivity index (χ2v) is 7.02. The van der Waals surface area contributed by atoms with Crippen molar-refractivity contribution in [1.82, 2.24) is 4.90 Å². The van der Waals surface area contributed by atoms with Crippen molar-refractivity contribution in [2.24, 2.45) is 11.0 Å². The highest BCUT2D eigenvalue weighted by molar-refractivity contribution is 5.78. The Morgan fingerprint density at radius 2 is 2.00 bits per heavy atom. The number of azide groups is 1. The van der Waals surface area contributed by atoms with E-state index in [2.05, 4.69) is 55.1 Å². The maximum atomic E-state index is 11.9. The van der Waals surface area contributed by atoms with E-state index in [4.69, 9.17) is 5.53 Å². The van der Waals surface area contributed by atoms with E-state index in [1.165, 1.54) is 11.1 Å². The van der Waals surface area contributed by atoms with E-state index < -0.39 is 0 Å². The van der Waals surface area contributed by atoms with Crippen LogP contribution >= 0.6 is 0 Å². The van der Waals surface area contributed by atoms with Crippen LogP contribution < -0.4 is 0 Å². The van der Waals surface area contributed by atoms with Gasteiger partial charge in [0.2, 0.25) is 5.91 Å². The lowest BCUT2D eigenvalue weighted by Gasteiger charge is -2.20. The number of hydrogen-bond acceptors (Lipinski definition) is 2. The average molecular weight is 300 g/mol. The van der Waals surface area contributed by atoms with Crippen molar-refractivity contribution < 1.29 is 4.79 Å². The summed E-state index contributed by atoms with van der Waals surface area (Å²) in [6.45, 7) is 8.47. The number of rotatable bonds is 5. The zero-order valence-electron chi connectivity index (χ0n) is 13.6. The molecule has 0 aromatic heterocycles. The summed E-state index contributed by atoms with van der Waals surface area (Å²) in [5.41, 5.74) is 11.1. The molecule has 1 aromatic rings. The summed E-state index contributed by atoms with van der Waals surface area (Å²) in [4.78, 5) is 16.6. The minimum absolute atomic E-state index is 0.165. The molecular weight excluding hydrogens is 276 g/mol. The second kappa shape index (κ2) is 6.84. The van der Waals surface area contributed by atoms with Gasteiger partial charge in [-0.2, -0.15) is 0 Å². The first-order valence-corrected chi connectivity index (χ1v) is 7.78. The number of amides is 1. The van der Waals surface area contributed by atoms with Crippen molar-refractivity contribution in [3.8, 4) is 0 Å². The summed E-state index contributed by atoms with van der Waals surface area (Å²) < 4.78 is 0. The molecule has 5 nitrogen and oxygen atoms in total. The topological polar surface area (TPSA) is 69.1 Å². The van der Waals surface area contributed by atoms with E-state index in [-0.39, 0.29) is 17.2 Å². The Bertz CT molecular complexity index is 567. The van der Waals surface area contributed by atoms with Gasteiger partial charge in [0.25, 0.3) is 0 Å². The molecule has 1 amide bonds. The molecule has 0 aliphatic carbocycles. The summed E-state index contributed by atoms with van der Waals surface area (Å²) in [5.74, 6) is 0.344. The Kier molecular flexibility index (Phi) is 5.09. The zero-order chi connectivity index (χ0) is 16.2. The summed E-state index contributed by atoms with van der Waals surface area (Å²) in [5, 5.41) is 3.58. The van der Waals surface area contributed by atoms with Crippen molar-refractivity contribution in [2.75, 3.05) is 19.6 Å². The standard InChI is InChI=1S/C17H24N4O/c1-17(2,3)15-6-4-13(5-7-15)8-9-21-12-14(10-16(21)22)11-19-20-18/h4-7,14H,8-12H2,1-3H3.